The van der Waals surface area contributed by atoms with Crippen LogP contribution in [0.25, 0.3) is 0 Å². The molecule has 5 heteroatoms. The summed E-state index contributed by atoms with van der Waals surface area (Å²) in [7, 11) is 0. The van der Waals surface area contributed by atoms with Crippen LogP contribution in [-0.2, 0) is 11.2 Å². The Morgan fingerprint density at radius 3 is 2.71 bits per heavy atom. The van der Waals surface area contributed by atoms with Crippen molar-refractivity contribution < 1.29 is 14.8 Å². The monoisotopic (exact) mass is 194 g/mol. The number of carbonyl (C=O) groups is 2. The second-order valence-electron chi connectivity index (χ2n) is 2.78. The number of amides is 2. The smallest absolute Gasteiger partial charge is 0.248 e. The van der Waals surface area contributed by atoms with Gasteiger partial charge < -0.3 is 5.73 Å². The Morgan fingerprint density at radius 2 is 2.14 bits per heavy atom. The third-order valence-electron chi connectivity index (χ3n) is 1.70. The van der Waals surface area contributed by atoms with E-state index in [4.69, 9.17) is 10.9 Å². The molecule has 0 fully saturated rings. The van der Waals surface area contributed by atoms with Crippen LogP contribution < -0.4 is 11.2 Å². The SMILES string of the molecule is NC(=O)c1cccc(CC(=O)NO)c1. The van der Waals surface area contributed by atoms with Gasteiger partial charge in [-0.25, -0.2) is 5.48 Å². The average molecular weight is 194 g/mol. The van der Waals surface area contributed by atoms with Crippen molar-refractivity contribution in [2.75, 3.05) is 0 Å². The average Bonchev–Trinajstić information content (AvgIpc) is 2.18. The molecule has 0 aromatic heterocycles. The molecule has 0 aliphatic rings. The summed E-state index contributed by atoms with van der Waals surface area (Å²) in [5.74, 6) is -1.08. The van der Waals surface area contributed by atoms with E-state index >= 15 is 0 Å². The van der Waals surface area contributed by atoms with Crippen LogP contribution in [0.4, 0.5) is 0 Å². The van der Waals surface area contributed by atoms with Crippen molar-refractivity contribution in [2.45, 2.75) is 6.42 Å². The minimum atomic E-state index is -0.545. The fraction of sp³-hybridized carbons (Fsp3) is 0.111. The van der Waals surface area contributed by atoms with Gasteiger partial charge in [-0.2, -0.15) is 0 Å². The second-order valence-corrected chi connectivity index (χ2v) is 2.78. The van der Waals surface area contributed by atoms with Gasteiger partial charge in [-0.3, -0.25) is 14.8 Å². The predicted octanol–water partition coefficient (Wildman–Crippen LogP) is -0.167. The minimum absolute atomic E-state index is 0.0115. The Labute approximate surface area is 80.5 Å². The first-order valence-electron chi connectivity index (χ1n) is 3.95. The van der Waals surface area contributed by atoms with Gasteiger partial charge in [-0.15, -0.1) is 0 Å². The Hall–Kier alpha value is -1.88. The quantitative estimate of drug-likeness (QED) is 0.461. The lowest BCUT2D eigenvalue weighted by atomic mass is 10.1. The van der Waals surface area contributed by atoms with Crippen LogP contribution in [0, 0.1) is 0 Å². The van der Waals surface area contributed by atoms with Crippen molar-refractivity contribution in [2.24, 2.45) is 5.73 Å². The zero-order valence-corrected chi connectivity index (χ0v) is 7.36. The molecule has 1 aromatic rings. The van der Waals surface area contributed by atoms with Crippen molar-refractivity contribution in [3.63, 3.8) is 0 Å². The molecular formula is C9H10N2O3. The summed E-state index contributed by atoms with van der Waals surface area (Å²) < 4.78 is 0. The van der Waals surface area contributed by atoms with Crippen LogP contribution in [0.15, 0.2) is 24.3 Å². The first-order valence-corrected chi connectivity index (χ1v) is 3.95. The van der Waals surface area contributed by atoms with E-state index < -0.39 is 11.8 Å². The molecule has 0 spiro atoms. The Bertz CT molecular complexity index is 363. The van der Waals surface area contributed by atoms with Crippen molar-refractivity contribution in [3.8, 4) is 0 Å². The molecular weight excluding hydrogens is 184 g/mol. The lowest BCUT2D eigenvalue weighted by Crippen LogP contribution is -2.21. The number of primary amides is 1. The Morgan fingerprint density at radius 1 is 1.43 bits per heavy atom. The molecule has 74 valence electrons. The molecule has 0 heterocycles. The number of hydrogen-bond donors (Lipinski definition) is 3. The van der Waals surface area contributed by atoms with Gasteiger partial charge in [0.15, 0.2) is 0 Å². The van der Waals surface area contributed by atoms with Gasteiger partial charge in [0.05, 0.1) is 6.42 Å². The summed E-state index contributed by atoms with van der Waals surface area (Å²) in [5, 5.41) is 8.28. The molecule has 4 N–H and O–H groups in total. The van der Waals surface area contributed by atoms with Gasteiger partial charge in [0.25, 0.3) is 0 Å². The Kier molecular flexibility index (Phi) is 3.19. The van der Waals surface area contributed by atoms with E-state index in [0.717, 1.165) is 0 Å². The zero-order valence-electron chi connectivity index (χ0n) is 7.36. The molecule has 5 nitrogen and oxygen atoms in total. The zero-order chi connectivity index (χ0) is 10.6. The molecule has 14 heavy (non-hydrogen) atoms. The predicted molar refractivity (Wildman–Crippen MR) is 48.6 cm³/mol. The molecule has 0 saturated carbocycles. The third-order valence-corrected chi connectivity index (χ3v) is 1.70. The van der Waals surface area contributed by atoms with Gasteiger partial charge in [-0.1, -0.05) is 12.1 Å². The lowest BCUT2D eigenvalue weighted by Gasteiger charge is -2.01. The standard InChI is InChI=1S/C9H10N2O3/c10-9(13)7-3-1-2-6(4-7)5-8(12)11-14/h1-4,14H,5H2,(H2,10,13)(H,11,12). The maximum atomic E-state index is 10.8. The number of hydroxylamine groups is 1. The first kappa shape index (κ1) is 10.2. The highest BCUT2D eigenvalue weighted by molar-refractivity contribution is 5.93. The number of nitrogens with one attached hydrogen (secondary N) is 1. The normalized spacial score (nSPS) is 9.50. The molecule has 0 bridgehead atoms. The van der Waals surface area contributed by atoms with E-state index in [9.17, 15) is 9.59 Å². The highest BCUT2D eigenvalue weighted by Crippen LogP contribution is 2.05. The summed E-state index contributed by atoms with van der Waals surface area (Å²) in [6, 6.07) is 6.36. The highest BCUT2D eigenvalue weighted by Gasteiger charge is 2.04. The number of rotatable bonds is 3. The number of nitrogens with two attached hydrogens (primary N) is 1. The fourth-order valence-corrected chi connectivity index (χ4v) is 1.06. The van der Waals surface area contributed by atoms with E-state index in [1.165, 1.54) is 11.5 Å². The molecule has 0 unspecified atom stereocenters. The van der Waals surface area contributed by atoms with E-state index in [1.807, 2.05) is 0 Å². The Balaban J connectivity index is 2.83. The van der Waals surface area contributed by atoms with Gasteiger partial charge in [0, 0.05) is 5.56 Å². The van der Waals surface area contributed by atoms with Crippen molar-refractivity contribution in [1.29, 1.82) is 0 Å². The molecule has 1 rings (SSSR count). The van der Waals surface area contributed by atoms with Crippen molar-refractivity contribution >= 4 is 11.8 Å². The van der Waals surface area contributed by atoms with Gasteiger partial charge in [-0.05, 0) is 17.7 Å². The van der Waals surface area contributed by atoms with Crippen molar-refractivity contribution in [3.05, 3.63) is 35.4 Å². The van der Waals surface area contributed by atoms with Crippen LogP contribution in [0.1, 0.15) is 15.9 Å². The highest BCUT2D eigenvalue weighted by atomic mass is 16.5. The summed E-state index contributed by atoms with van der Waals surface area (Å²) >= 11 is 0. The molecule has 0 atom stereocenters. The number of carbonyl (C=O) groups excluding carboxylic acids is 2. The maximum absolute atomic E-state index is 10.8. The lowest BCUT2D eigenvalue weighted by molar-refractivity contribution is -0.128. The van der Waals surface area contributed by atoms with Crippen LogP contribution in [-0.4, -0.2) is 17.0 Å². The summed E-state index contributed by atoms with van der Waals surface area (Å²) in [4.78, 5) is 21.6. The van der Waals surface area contributed by atoms with E-state index in [-0.39, 0.29) is 6.42 Å². The molecule has 0 aliphatic carbocycles. The molecule has 1 aromatic carbocycles. The van der Waals surface area contributed by atoms with E-state index in [0.29, 0.717) is 11.1 Å². The summed E-state index contributed by atoms with van der Waals surface area (Å²) in [6.07, 6.45) is 0.0115. The summed E-state index contributed by atoms with van der Waals surface area (Å²) in [5.41, 5.74) is 7.52. The van der Waals surface area contributed by atoms with Gasteiger partial charge in [0.2, 0.25) is 11.8 Å². The van der Waals surface area contributed by atoms with E-state index in [2.05, 4.69) is 0 Å². The van der Waals surface area contributed by atoms with Crippen LogP contribution >= 0.6 is 0 Å². The third kappa shape index (κ3) is 2.56. The largest absolute Gasteiger partial charge is 0.366 e. The van der Waals surface area contributed by atoms with Gasteiger partial charge in [0.1, 0.15) is 0 Å². The topological polar surface area (TPSA) is 92.4 Å². The van der Waals surface area contributed by atoms with Gasteiger partial charge >= 0.3 is 0 Å². The first-order chi connectivity index (χ1) is 6.63. The van der Waals surface area contributed by atoms with E-state index in [1.54, 1.807) is 18.2 Å². The molecule has 0 radical (unpaired) electrons. The minimum Gasteiger partial charge on any atom is -0.366 e. The van der Waals surface area contributed by atoms with Crippen LogP contribution in [0.5, 0.6) is 0 Å². The molecule has 0 saturated heterocycles. The molecule has 0 aliphatic heterocycles. The second kappa shape index (κ2) is 4.38. The van der Waals surface area contributed by atoms with Crippen molar-refractivity contribution in [1.82, 2.24) is 5.48 Å². The maximum Gasteiger partial charge on any atom is 0.248 e. The fourth-order valence-electron chi connectivity index (χ4n) is 1.06. The number of hydrogen-bond acceptors (Lipinski definition) is 3. The summed E-state index contributed by atoms with van der Waals surface area (Å²) in [6.45, 7) is 0. The molecule has 2 amide bonds. The number of benzene rings is 1. The van der Waals surface area contributed by atoms with Crippen LogP contribution in [0.3, 0.4) is 0 Å². The van der Waals surface area contributed by atoms with Crippen LogP contribution in [0.2, 0.25) is 0 Å².